The zero-order valence-electron chi connectivity index (χ0n) is 7.58. The van der Waals surface area contributed by atoms with Crippen LogP contribution < -0.4 is 5.32 Å². The fourth-order valence-corrected chi connectivity index (χ4v) is 2.07. The van der Waals surface area contributed by atoms with Gasteiger partial charge >= 0.3 is 0 Å². The van der Waals surface area contributed by atoms with Crippen LogP contribution in [0, 0.1) is 0 Å². The molecule has 0 aromatic rings. The van der Waals surface area contributed by atoms with Gasteiger partial charge in [0.1, 0.15) is 0 Å². The zero-order chi connectivity index (χ0) is 9.61. The SMILES string of the molecule is CCS(=O)(=O)CC(CCO)NC. The highest BCUT2D eigenvalue weighted by molar-refractivity contribution is 7.91. The molecule has 0 aliphatic heterocycles. The molecule has 0 spiro atoms. The van der Waals surface area contributed by atoms with Crippen molar-refractivity contribution in [1.29, 1.82) is 0 Å². The topological polar surface area (TPSA) is 66.4 Å². The van der Waals surface area contributed by atoms with Crippen molar-refractivity contribution in [2.24, 2.45) is 0 Å². The number of rotatable bonds is 6. The van der Waals surface area contributed by atoms with Crippen LogP contribution in [0.4, 0.5) is 0 Å². The summed E-state index contributed by atoms with van der Waals surface area (Å²) in [4.78, 5) is 0. The summed E-state index contributed by atoms with van der Waals surface area (Å²) in [5, 5.41) is 11.5. The Bertz CT molecular complexity index is 201. The van der Waals surface area contributed by atoms with Gasteiger partial charge in [-0.3, -0.25) is 0 Å². The van der Waals surface area contributed by atoms with Gasteiger partial charge in [-0.15, -0.1) is 0 Å². The maximum Gasteiger partial charge on any atom is 0.151 e. The van der Waals surface area contributed by atoms with E-state index in [1.165, 1.54) is 0 Å². The summed E-state index contributed by atoms with van der Waals surface area (Å²) in [6.07, 6.45) is 0.482. The van der Waals surface area contributed by atoms with Crippen LogP contribution in [-0.2, 0) is 9.84 Å². The van der Waals surface area contributed by atoms with Crippen LogP contribution in [0.15, 0.2) is 0 Å². The van der Waals surface area contributed by atoms with Crippen LogP contribution >= 0.6 is 0 Å². The predicted octanol–water partition coefficient (Wildman–Crippen LogP) is -0.608. The molecule has 5 heteroatoms. The molecule has 0 bridgehead atoms. The Morgan fingerprint density at radius 3 is 2.42 bits per heavy atom. The van der Waals surface area contributed by atoms with Crippen molar-refractivity contribution >= 4 is 9.84 Å². The molecule has 0 aromatic heterocycles. The number of nitrogens with one attached hydrogen (secondary N) is 1. The molecule has 0 saturated carbocycles. The second-order valence-electron chi connectivity index (χ2n) is 2.70. The lowest BCUT2D eigenvalue weighted by Crippen LogP contribution is -2.34. The Morgan fingerprint density at radius 1 is 1.50 bits per heavy atom. The van der Waals surface area contributed by atoms with E-state index in [4.69, 9.17) is 5.11 Å². The number of hydrogen-bond donors (Lipinski definition) is 2. The molecule has 0 heterocycles. The first kappa shape index (κ1) is 11.9. The minimum Gasteiger partial charge on any atom is -0.396 e. The molecule has 1 atom stereocenters. The van der Waals surface area contributed by atoms with Gasteiger partial charge in [-0.05, 0) is 13.5 Å². The zero-order valence-corrected chi connectivity index (χ0v) is 8.39. The third-order valence-electron chi connectivity index (χ3n) is 1.78. The highest BCUT2D eigenvalue weighted by atomic mass is 32.2. The molecule has 1 unspecified atom stereocenters. The molecule has 74 valence electrons. The number of aliphatic hydroxyl groups excluding tert-OH is 1. The van der Waals surface area contributed by atoms with E-state index in [0.717, 1.165) is 0 Å². The lowest BCUT2D eigenvalue weighted by atomic mass is 10.2. The van der Waals surface area contributed by atoms with Gasteiger partial charge in [0.2, 0.25) is 0 Å². The monoisotopic (exact) mass is 195 g/mol. The molecule has 0 fully saturated rings. The van der Waals surface area contributed by atoms with Crippen molar-refractivity contribution in [2.45, 2.75) is 19.4 Å². The largest absolute Gasteiger partial charge is 0.396 e. The summed E-state index contributed by atoms with van der Waals surface area (Å²) in [5.74, 6) is 0.275. The average Bonchev–Trinajstić information content (AvgIpc) is 2.03. The molecular formula is C7H17NO3S. The van der Waals surface area contributed by atoms with Crippen molar-refractivity contribution in [3.05, 3.63) is 0 Å². The smallest absolute Gasteiger partial charge is 0.151 e. The highest BCUT2D eigenvalue weighted by Gasteiger charge is 2.15. The number of sulfone groups is 1. The summed E-state index contributed by atoms with van der Waals surface area (Å²) in [6, 6.07) is -0.125. The third kappa shape index (κ3) is 4.69. The Balaban J connectivity index is 4.02. The quantitative estimate of drug-likeness (QED) is 0.593. The first-order valence-corrected chi connectivity index (χ1v) is 5.86. The van der Waals surface area contributed by atoms with Crippen molar-refractivity contribution in [3.63, 3.8) is 0 Å². The van der Waals surface area contributed by atoms with Gasteiger partial charge < -0.3 is 10.4 Å². The maximum absolute atomic E-state index is 11.1. The standard InChI is InChI=1S/C7H17NO3S/c1-3-12(10,11)6-7(8-2)4-5-9/h7-9H,3-6H2,1-2H3. The Hall–Kier alpha value is -0.130. The average molecular weight is 195 g/mol. The first-order chi connectivity index (χ1) is 5.55. The molecule has 0 amide bonds. The minimum atomic E-state index is -2.93. The highest BCUT2D eigenvalue weighted by Crippen LogP contribution is 1.97. The van der Waals surface area contributed by atoms with Gasteiger partial charge in [-0.2, -0.15) is 0 Å². The van der Waals surface area contributed by atoms with Crippen molar-refractivity contribution < 1.29 is 13.5 Å². The minimum absolute atomic E-state index is 0.0186. The van der Waals surface area contributed by atoms with Crippen LogP contribution in [0.2, 0.25) is 0 Å². The molecule has 2 N–H and O–H groups in total. The van der Waals surface area contributed by atoms with Crippen LogP contribution in [0.3, 0.4) is 0 Å². The summed E-state index contributed by atoms with van der Waals surface area (Å²) >= 11 is 0. The van der Waals surface area contributed by atoms with Gasteiger partial charge in [0.05, 0.1) is 5.75 Å². The molecule has 0 rings (SSSR count). The van der Waals surface area contributed by atoms with Gasteiger partial charge in [-0.25, -0.2) is 8.42 Å². The molecular weight excluding hydrogens is 178 g/mol. The lowest BCUT2D eigenvalue weighted by molar-refractivity contribution is 0.272. The third-order valence-corrected chi connectivity index (χ3v) is 3.57. The molecule has 0 radical (unpaired) electrons. The Kier molecular flexibility index (Phi) is 5.44. The number of aliphatic hydroxyl groups is 1. The summed E-state index contributed by atoms with van der Waals surface area (Å²) in [7, 11) is -1.23. The Morgan fingerprint density at radius 2 is 2.08 bits per heavy atom. The number of hydrogen-bond acceptors (Lipinski definition) is 4. The van der Waals surface area contributed by atoms with Crippen LogP contribution in [-0.4, -0.2) is 44.7 Å². The summed E-state index contributed by atoms with van der Waals surface area (Å²) < 4.78 is 22.2. The molecule has 0 aliphatic carbocycles. The van der Waals surface area contributed by atoms with E-state index in [-0.39, 0.29) is 24.2 Å². The van der Waals surface area contributed by atoms with E-state index < -0.39 is 9.84 Å². The van der Waals surface area contributed by atoms with E-state index >= 15 is 0 Å². The molecule has 0 saturated heterocycles. The maximum atomic E-state index is 11.1. The molecule has 12 heavy (non-hydrogen) atoms. The summed E-state index contributed by atoms with van der Waals surface area (Å²) in [6.45, 7) is 1.64. The molecule has 0 aromatic carbocycles. The van der Waals surface area contributed by atoms with Gasteiger partial charge in [0.15, 0.2) is 9.84 Å². The van der Waals surface area contributed by atoms with Crippen LogP contribution in [0.25, 0.3) is 0 Å². The van der Waals surface area contributed by atoms with E-state index in [1.54, 1.807) is 14.0 Å². The fourth-order valence-electron chi connectivity index (χ4n) is 0.891. The van der Waals surface area contributed by atoms with Crippen molar-refractivity contribution in [1.82, 2.24) is 5.32 Å². The van der Waals surface area contributed by atoms with Crippen LogP contribution in [0.1, 0.15) is 13.3 Å². The van der Waals surface area contributed by atoms with Gasteiger partial charge in [0, 0.05) is 18.4 Å². The second kappa shape index (κ2) is 5.50. The van der Waals surface area contributed by atoms with Crippen molar-refractivity contribution in [2.75, 3.05) is 25.2 Å². The van der Waals surface area contributed by atoms with Crippen LogP contribution in [0.5, 0.6) is 0 Å². The van der Waals surface area contributed by atoms with E-state index in [0.29, 0.717) is 6.42 Å². The molecule has 4 nitrogen and oxygen atoms in total. The molecule has 0 aliphatic rings. The van der Waals surface area contributed by atoms with E-state index in [2.05, 4.69) is 5.32 Å². The second-order valence-corrected chi connectivity index (χ2v) is 5.09. The summed E-state index contributed by atoms with van der Waals surface area (Å²) in [5.41, 5.74) is 0. The van der Waals surface area contributed by atoms with Crippen molar-refractivity contribution in [3.8, 4) is 0 Å². The first-order valence-electron chi connectivity index (χ1n) is 4.04. The Labute approximate surface area is 73.9 Å². The normalized spacial score (nSPS) is 14.6. The van der Waals surface area contributed by atoms with Gasteiger partial charge in [-0.1, -0.05) is 6.92 Å². The van der Waals surface area contributed by atoms with E-state index in [9.17, 15) is 8.42 Å². The lowest BCUT2D eigenvalue weighted by Gasteiger charge is -2.13. The van der Waals surface area contributed by atoms with E-state index in [1.807, 2.05) is 0 Å². The predicted molar refractivity (Wildman–Crippen MR) is 48.9 cm³/mol. The van der Waals surface area contributed by atoms with Gasteiger partial charge in [0.25, 0.3) is 0 Å². The fraction of sp³-hybridized carbons (Fsp3) is 1.00.